The Morgan fingerprint density at radius 1 is 1.26 bits per heavy atom. The van der Waals surface area contributed by atoms with E-state index in [2.05, 4.69) is 15.5 Å². The Hall–Kier alpha value is -2.49. The van der Waals surface area contributed by atoms with Crippen molar-refractivity contribution in [2.24, 2.45) is 11.7 Å². The molecule has 10 heteroatoms. The second-order valence-corrected chi connectivity index (χ2v) is 7.25. The number of amides is 2. The van der Waals surface area contributed by atoms with Crippen molar-refractivity contribution in [3.63, 3.8) is 0 Å². The van der Waals surface area contributed by atoms with Gasteiger partial charge in [0.1, 0.15) is 23.1 Å². The van der Waals surface area contributed by atoms with E-state index in [-0.39, 0.29) is 18.1 Å². The summed E-state index contributed by atoms with van der Waals surface area (Å²) in [6, 6.07) is 3.35. The molecule has 2 aromatic rings. The summed E-state index contributed by atoms with van der Waals surface area (Å²) in [5.41, 5.74) is 4.70. The van der Waals surface area contributed by atoms with Crippen molar-refractivity contribution in [2.45, 2.75) is 38.4 Å². The summed E-state index contributed by atoms with van der Waals surface area (Å²) in [5.74, 6) is -1.90. The molecule has 0 radical (unpaired) electrons. The van der Waals surface area contributed by atoms with Gasteiger partial charge >= 0.3 is 0 Å². The molecule has 0 aliphatic heterocycles. The Kier molecular flexibility index (Phi) is 7.28. The van der Waals surface area contributed by atoms with Crippen LogP contribution in [-0.4, -0.2) is 32.3 Å². The van der Waals surface area contributed by atoms with Gasteiger partial charge in [-0.05, 0) is 18.1 Å². The van der Waals surface area contributed by atoms with Crippen molar-refractivity contribution in [1.29, 1.82) is 0 Å². The normalized spacial score (nSPS) is 11.0. The molecule has 0 unspecified atom stereocenters. The summed E-state index contributed by atoms with van der Waals surface area (Å²) in [4.78, 5) is 23.1. The smallest absolute Gasteiger partial charge is 0.235 e. The highest BCUT2D eigenvalue weighted by Crippen LogP contribution is 2.22. The molecular weight excluding hydrogens is 376 g/mol. The number of primary amides is 1. The van der Waals surface area contributed by atoms with E-state index in [9.17, 15) is 18.4 Å². The number of nitrogens with one attached hydrogen (secondary N) is 1. The van der Waals surface area contributed by atoms with Crippen molar-refractivity contribution in [1.82, 2.24) is 14.8 Å². The highest BCUT2D eigenvalue weighted by atomic mass is 32.2. The van der Waals surface area contributed by atoms with Crippen LogP contribution in [0.4, 0.5) is 14.5 Å². The fraction of sp³-hybridized carbons (Fsp3) is 0.412. The summed E-state index contributed by atoms with van der Waals surface area (Å²) >= 11 is 1.10. The first-order chi connectivity index (χ1) is 12.8. The molecule has 7 nitrogen and oxygen atoms in total. The molecule has 146 valence electrons. The molecule has 27 heavy (non-hydrogen) atoms. The SMILES string of the molecule is CC(C)Cn1c(CCC(N)=O)nnc1SCC(=O)Nc1c(F)cccc1F. The number of thioether (sulfide) groups is 1. The topological polar surface area (TPSA) is 103 Å². The van der Waals surface area contributed by atoms with Crippen molar-refractivity contribution in [2.75, 3.05) is 11.1 Å². The maximum absolute atomic E-state index is 13.6. The number of anilines is 1. The number of rotatable bonds is 9. The second kappa shape index (κ2) is 9.45. The third-order valence-corrected chi connectivity index (χ3v) is 4.46. The van der Waals surface area contributed by atoms with E-state index in [1.54, 1.807) is 0 Å². The van der Waals surface area contributed by atoms with Crippen LogP contribution in [0.15, 0.2) is 23.4 Å². The summed E-state index contributed by atoms with van der Waals surface area (Å²) in [6.45, 7) is 4.63. The zero-order valence-electron chi connectivity index (χ0n) is 15.0. The van der Waals surface area contributed by atoms with Gasteiger partial charge in [-0.25, -0.2) is 8.78 Å². The predicted octanol–water partition coefficient (Wildman–Crippen LogP) is 2.36. The molecule has 0 atom stereocenters. The third kappa shape index (κ3) is 6.02. The Bertz CT molecular complexity index is 805. The first-order valence-corrected chi connectivity index (χ1v) is 9.33. The summed E-state index contributed by atoms with van der Waals surface area (Å²) in [7, 11) is 0. The number of para-hydroxylation sites is 1. The van der Waals surface area contributed by atoms with Gasteiger partial charge in [0, 0.05) is 19.4 Å². The molecule has 3 N–H and O–H groups in total. The van der Waals surface area contributed by atoms with Crippen molar-refractivity contribution in [3.8, 4) is 0 Å². The van der Waals surface area contributed by atoms with E-state index in [1.807, 2.05) is 18.4 Å². The average molecular weight is 397 g/mol. The molecule has 2 rings (SSSR count). The zero-order valence-corrected chi connectivity index (χ0v) is 15.9. The minimum absolute atomic E-state index is 0.0974. The van der Waals surface area contributed by atoms with Gasteiger partial charge in [0.15, 0.2) is 5.16 Å². The van der Waals surface area contributed by atoms with Crippen LogP contribution in [0.2, 0.25) is 0 Å². The van der Waals surface area contributed by atoms with Crippen LogP contribution < -0.4 is 11.1 Å². The molecule has 0 aliphatic carbocycles. The largest absolute Gasteiger partial charge is 0.370 e. The quantitative estimate of drug-likeness (QED) is 0.633. The Balaban J connectivity index is 2.05. The molecule has 2 amide bonds. The number of carbonyl (C=O) groups is 2. The van der Waals surface area contributed by atoms with Crippen LogP contribution in [0.1, 0.15) is 26.1 Å². The highest BCUT2D eigenvalue weighted by Gasteiger charge is 2.17. The first kappa shape index (κ1) is 20.8. The lowest BCUT2D eigenvalue weighted by atomic mass is 10.2. The van der Waals surface area contributed by atoms with Crippen LogP contribution in [0, 0.1) is 17.6 Å². The standard InChI is InChI=1S/C17H21F2N5O2S/c1-10(2)8-24-14(7-6-13(20)25)22-23-17(24)27-9-15(26)21-16-11(18)4-3-5-12(16)19/h3-5,10H,6-9H2,1-2H3,(H2,20,25)(H,21,26). The zero-order chi connectivity index (χ0) is 20.0. The number of hydrogen-bond donors (Lipinski definition) is 2. The molecular formula is C17H21F2N5O2S. The number of aryl methyl sites for hydroxylation is 1. The maximum Gasteiger partial charge on any atom is 0.235 e. The van der Waals surface area contributed by atoms with Gasteiger partial charge in [0.05, 0.1) is 5.75 Å². The molecule has 1 aromatic carbocycles. The second-order valence-electron chi connectivity index (χ2n) is 6.30. The summed E-state index contributed by atoms with van der Waals surface area (Å²) in [5, 5.41) is 10.8. The molecule has 0 aliphatic rings. The molecule has 0 saturated carbocycles. The number of aromatic nitrogens is 3. The van der Waals surface area contributed by atoms with Crippen molar-refractivity contribution >= 4 is 29.3 Å². The van der Waals surface area contributed by atoms with Crippen molar-refractivity contribution in [3.05, 3.63) is 35.7 Å². The highest BCUT2D eigenvalue weighted by molar-refractivity contribution is 7.99. The van der Waals surface area contributed by atoms with Gasteiger partial charge in [0.25, 0.3) is 0 Å². The monoisotopic (exact) mass is 397 g/mol. The number of benzene rings is 1. The maximum atomic E-state index is 13.6. The molecule has 1 heterocycles. The van der Waals surface area contributed by atoms with E-state index in [0.29, 0.717) is 23.9 Å². The number of nitrogens with zero attached hydrogens (tertiary/aromatic N) is 3. The van der Waals surface area contributed by atoms with Gasteiger partial charge in [-0.15, -0.1) is 10.2 Å². The third-order valence-electron chi connectivity index (χ3n) is 3.50. The number of carbonyl (C=O) groups excluding carboxylic acids is 2. The Morgan fingerprint density at radius 3 is 2.52 bits per heavy atom. The first-order valence-electron chi connectivity index (χ1n) is 8.35. The van der Waals surface area contributed by atoms with Gasteiger partial charge in [-0.3, -0.25) is 9.59 Å². The Labute approximate surface area is 159 Å². The van der Waals surface area contributed by atoms with Gasteiger partial charge in [-0.1, -0.05) is 31.7 Å². The lowest BCUT2D eigenvalue weighted by Crippen LogP contribution is -2.17. The predicted molar refractivity (Wildman–Crippen MR) is 98.1 cm³/mol. The Morgan fingerprint density at radius 2 is 1.93 bits per heavy atom. The fourth-order valence-corrected chi connectivity index (χ4v) is 3.08. The van der Waals surface area contributed by atoms with Crippen LogP contribution in [-0.2, 0) is 22.6 Å². The van der Waals surface area contributed by atoms with E-state index >= 15 is 0 Å². The molecule has 0 bridgehead atoms. The summed E-state index contributed by atoms with van der Waals surface area (Å²) in [6.07, 6.45) is 0.496. The molecule has 0 fully saturated rings. The van der Waals surface area contributed by atoms with E-state index in [0.717, 1.165) is 23.9 Å². The van der Waals surface area contributed by atoms with Crippen LogP contribution in [0.5, 0.6) is 0 Å². The van der Waals surface area contributed by atoms with E-state index in [4.69, 9.17) is 5.73 Å². The number of nitrogens with two attached hydrogens (primary N) is 1. The molecule has 0 spiro atoms. The summed E-state index contributed by atoms with van der Waals surface area (Å²) < 4.78 is 29.0. The lowest BCUT2D eigenvalue weighted by molar-refractivity contribution is -0.118. The van der Waals surface area contributed by atoms with Gasteiger partial charge in [-0.2, -0.15) is 0 Å². The van der Waals surface area contributed by atoms with Crippen LogP contribution in [0.3, 0.4) is 0 Å². The average Bonchev–Trinajstić information content (AvgIpc) is 2.95. The minimum Gasteiger partial charge on any atom is -0.370 e. The number of halogens is 2. The van der Waals surface area contributed by atoms with Crippen molar-refractivity contribution < 1.29 is 18.4 Å². The number of hydrogen-bond acceptors (Lipinski definition) is 5. The van der Waals surface area contributed by atoms with Gasteiger partial charge < -0.3 is 15.6 Å². The fourth-order valence-electron chi connectivity index (χ4n) is 2.32. The van der Waals surface area contributed by atoms with Crippen LogP contribution >= 0.6 is 11.8 Å². The molecule has 0 saturated heterocycles. The van der Waals surface area contributed by atoms with Gasteiger partial charge in [0.2, 0.25) is 11.8 Å². The van der Waals surface area contributed by atoms with E-state index in [1.165, 1.54) is 6.07 Å². The molecule has 1 aromatic heterocycles. The minimum atomic E-state index is -0.843. The van der Waals surface area contributed by atoms with Crippen LogP contribution in [0.25, 0.3) is 0 Å². The van der Waals surface area contributed by atoms with E-state index < -0.39 is 29.1 Å². The lowest BCUT2D eigenvalue weighted by Gasteiger charge is -2.12.